The third-order valence-electron chi connectivity index (χ3n) is 3.87. The number of hydrogen-bond donors (Lipinski definition) is 1. The van der Waals surface area contributed by atoms with Crippen molar-refractivity contribution in [2.24, 2.45) is 5.10 Å². The zero-order chi connectivity index (χ0) is 22.3. The Balaban J connectivity index is 2.15. The van der Waals surface area contributed by atoms with E-state index in [-0.39, 0.29) is 5.69 Å². The van der Waals surface area contributed by atoms with Crippen LogP contribution in [0.15, 0.2) is 41.5 Å². The summed E-state index contributed by atoms with van der Waals surface area (Å²) in [4.78, 5) is 12.2. The molecular formula is C19H22FN3O6S. The quantitative estimate of drug-likeness (QED) is 0.471. The summed E-state index contributed by atoms with van der Waals surface area (Å²) >= 11 is 0. The van der Waals surface area contributed by atoms with E-state index < -0.39 is 28.3 Å². The number of anilines is 1. The highest BCUT2D eigenvalue weighted by atomic mass is 32.2. The number of carbonyl (C=O) groups excluding carboxylic acids is 1. The highest BCUT2D eigenvalue weighted by molar-refractivity contribution is 7.92. The van der Waals surface area contributed by atoms with Crippen molar-refractivity contribution < 1.29 is 31.8 Å². The Morgan fingerprint density at radius 2 is 1.77 bits per heavy atom. The van der Waals surface area contributed by atoms with Crippen LogP contribution < -0.4 is 23.9 Å². The topological polar surface area (TPSA) is 107 Å². The van der Waals surface area contributed by atoms with Crippen LogP contribution in [-0.2, 0) is 14.8 Å². The minimum atomic E-state index is -3.83. The van der Waals surface area contributed by atoms with Crippen LogP contribution in [0.3, 0.4) is 0 Å². The van der Waals surface area contributed by atoms with Gasteiger partial charge >= 0.3 is 0 Å². The van der Waals surface area contributed by atoms with E-state index in [2.05, 4.69) is 10.5 Å². The maximum Gasteiger partial charge on any atom is 0.260 e. The summed E-state index contributed by atoms with van der Waals surface area (Å²) < 4.78 is 54.0. The first-order valence-electron chi connectivity index (χ1n) is 8.54. The Hall–Kier alpha value is -3.34. The molecule has 9 nitrogen and oxygen atoms in total. The molecule has 0 spiro atoms. The zero-order valence-electron chi connectivity index (χ0n) is 16.9. The summed E-state index contributed by atoms with van der Waals surface area (Å²) in [7, 11) is 0.576. The zero-order valence-corrected chi connectivity index (χ0v) is 17.7. The van der Waals surface area contributed by atoms with Gasteiger partial charge in [0.15, 0.2) is 11.5 Å². The molecule has 2 aromatic rings. The van der Waals surface area contributed by atoms with Crippen LogP contribution in [0.2, 0.25) is 0 Å². The van der Waals surface area contributed by atoms with E-state index in [1.54, 1.807) is 12.1 Å². The van der Waals surface area contributed by atoms with E-state index in [4.69, 9.17) is 14.2 Å². The maximum atomic E-state index is 13.4. The molecule has 0 bridgehead atoms. The number of carbonyl (C=O) groups is 1. The number of halogens is 1. The number of hydrogen-bond acceptors (Lipinski definition) is 7. The normalized spacial score (nSPS) is 11.2. The van der Waals surface area contributed by atoms with Crippen LogP contribution in [0.1, 0.15) is 5.56 Å². The van der Waals surface area contributed by atoms with E-state index in [0.29, 0.717) is 22.8 Å². The number of nitrogens with one attached hydrogen (secondary N) is 1. The van der Waals surface area contributed by atoms with Gasteiger partial charge in [0.1, 0.15) is 12.4 Å². The Bertz CT molecular complexity index is 1020. The molecule has 162 valence electrons. The molecule has 0 atom stereocenters. The molecule has 2 rings (SSSR count). The Kier molecular flexibility index (Phi) is 7.59. The number of rotatable bonds is 9. The summed E-state index contributed by atoms with van der Waals surface area (Å²) in [6.45, 7) is -0.575. The van der Waals surface area contributed by atoms with Gasteiger partial charge in [-0.05, 0) is 30.3 Å². The molecule has 0 unspecified atom stereocenters. The summed E-state index contributed by atoms with van der Waals surface area (Å²) in [5, 5.41) is 3.82. The summed E-state index contributed by atoms with van der Waals surface area (Å²) in [6, 6.07) is 8.16. The second kappa shape index (κ2) is 9.92. The van der Waals surface area contributed by atoms with E-state index >= 15 is 0 Å². The third-order valence-corrected chi connectivity index (χ3v) is 5.01. The molecular weight excluding hydrogens is 417 g/mol. The molecule has 0 aliphatic rings. The first-order chi connectivity index (χ1) is 14.2. The highest BCUT2D eigenvalue weighted by Gasteiger charge is 2.21. The fourth-order valence-electron chi connectivity index (χ4n) is 2.55. The van der Waals surface area contributed by atoms with E-state index in [9.17, 15) is 17.6 Å². The lowest BCUT2D eigenvalue weighted by Gasteiger charge is -2.21. The van der Waals surface area contributed by atoms with E-state index in [0.717, 1.165) is 16.6 Å². The van der Waals surface area contributed by atoms with Crippen LogP contribution in [0, 0.1) is 5.82 Å². The van der Waals surface area contributed by atoms with Crippen molar-refractivity contribution in [2.75, 3.05) is 38.4 Å². The largest absolute Gasteiger partial charge is 0.493 e. The molecule has 2 aromatic carbocycles. The second-order valence-corrected chi connectivity index (χ2v) is 7.91. The van der Waals surface area contributed by atoms with Crippen LogP contribution in [0.4, 0.5) is 10.1 Å². The van der Waals surface area contributed by atoms with Crippen molar-refractivity contribution in [3.05, 3.63) is 47.8 Å². The molecule has 11 heteroatoms. The van der Waals surface area contributed by atoms with Crippen molar-refractivity contribution in [3.8, 4) is 17.2 Å². The van der Waals surface area contributed by atoms with E-state index in [1.165, 1.54) is 45.7 Å². The molecule has 1 N–H and O–H groups in total. The standard InChI is InChI=1S/C19H22FN3O6S/c1-27-16-8-13(9-17(28-2)19(16)29-3)11-21-22-18(24)12-23(30(4,25)26)15-7-5-6-14(20)10-15/h5-11H,12H2,1-4H3,(H,22,24)/b21-11-. The van der Waals surface area contributed by atoms with Crippen LogP contribution >= 0.6 is 0 Å². The molecule has 0 aliphatic carbocycles. The molecule has 0 fully saturated rings. The second-order valence-electron chi connectivity index (χ2n) is 6.00. The van der Waals surface area contributed by atoms with Gasteiger partial charge in [0, 0.05) is 5.56 Å². The number of sulfonamides is 1. The molecule has 0 heterocycles. The summed E-state index contributed by atoms with van der Waals surface area (Å²) in [5.74, 6) is -0.131. The third kappa shape index (κ3) is 5.83. The predicted molar refractivity (Wildman–Crippen MR) is 110 cm³/mol. The van der Waals surface area contributed by atoms with Crippen LogP contribution in [-0.4, -0.2) is 54.7 Å². The fourth-order valence-corrected chi connectivity index (χ4v) is 3.40. The van der Waals surface area contributed by atoms with E-state index in [1.807, 2.05) is 0 Å². The number of ether oxygens (including phenoxy) is 3. The average molecular weight is 439 g/mol. The molecule has 0 saturated heterocycles. The van der Waals surface area contributed by atoms with Gasteiger partial charge in [-0.1, -0.05) is 6.07 Å². The SMILES string of the molecule is COc1cc(/C=N\NC(=O)CN(c2cccc(F)c2)S(C)(=O)=O)cc(OC)c1OC. The van der Waals surface area contributed by atoms with Gasteiger partial charge in [-0.2, -0.15) is 5.10 Å². The van der Waals surface area contributed by atoms with Gasteiger partial charge in [0.25, 0.3) is 5.91 Å². The smallest absolute Gasteiger partial charge is 0.260 e. The van der Waals surface area contributed by atoms with Crippen molar-refractivity contribution in [1.82, 2.24) is 5.43 Å². The van der Waals surface area contributed by atoms with Crippen LogP contribution in [0.25, 0.3) is 0 Å². The Morgan fingerprint density at radius 3 is 2.27 bits per heavy atom. The molecule has 0 aliphatic heterocycles. The minimum absolute atomic E-state index is 0.0289. The van der Waals surface area contributed by atoms with Crippen molar-refractivity contribution in [3.63, 3.8) is 0 Å². The van der Waals surface area contributed by atoms with Gasteiger partial charge in [-0.3, -0.25) is 9.10 Å². The molecule has 1 amide bonds. The lowest BCUT2D eigenvalue weighted by atomic mass is 10.2. The minimum Gasteiger partial charge on any atom is -0.493 e. The first-order valence-corrected chi connectivity index (χ1v) is 10.4. The van der Waals surface area contributed by atoms with Crippen molar-refractivity contribution in [2.45, 2.75) is 0 Å². The van der Waals surface area contributed by atoms with Gasteiger partial charge in [-0.15, -0.1) is 0 Å². The monoisotopic (exact) mass is 439 g/mol. The van der Waals surface area contributed by atoms with Gasteiger partial charge in [-0.25, -0.2) is 18.2 Å². The summed E-state index contributed by atoms with van der Waals surface area (Å²) in [6.07, 6.45) is 2.25. The number of hydrazone groups is 1. The number of methoxy groups -OCH3 is 3. The molecule has 30 heavy (non-hydrogen) atoms. The van der Waals surface area contributed by atoms with Crippen molar-refractivity contribution >= 4 is 27.8 Å². The predicted octanol–water partition coefficient (Wildman–Crippen LogP) is 1.77. The van der Waals surface area contributed by atoms with Crippen molar-refractivity contribution in [1.29, 1.82) is 0 Å². The highest BCUT2D eigenvalue weighted by Crippen LogP contribution is 2.37. The summed E-state index contributed by atoms with van der Waals surface area (Å²) in [5.41, 5.74) is 2.81. The fraction of sp³-hybridized carbons (Fsp3) is 0.263. The van der Waals surface area contributed by atoms with Gasteiger partial charge in [0.2, 0.25) is 15.8 Å². The van der Waals surface area contributed by atoms with Gasteiger partial charge < -0.3 is 14.2 Å². The Morgan fingerprint density at radius 1 is 1.13 bits per heavy atom. The Labute approximate surface area is 174 Å². The number of nitrogens with zero attached hydrogens (tertiary/aromatic N) is 2. The number of amides is 1. The molecule has 0 radical (unpaired) electrons. The van der Waals surface area contributed by atoms with Gasteiger partial charge in [0.05, 0.1) is 39.5 Å². The average Bonchev–Trinajstić information content (AvgIpc) is 2.70. The first kappa shape index (κ1) is 22.9. The maximum absolute atomic E-state index is 13.4. The lowest BCUT2D eigenvalue weighted by molar-refractivity contribution is -0.119. The molecule has 0 saturated carbocycles. The number of benzene rings is 2. The lowest BCUT2D eigenvalue weighted by Crippen LogP contribution is -2.39. The van der Waals surface area contributed by atoms with Crippen LogP contribution in [0.5, 0.6) is 17.2 Å². The molecule has 0 aromatic heterocycles.